The van der Waals surface area contributed by atoms with Crippen LogP contribution >= 0.6 is 0 Å². The van der Waals surface area contributed by atoms with Gasteiger partial charge in [0.05, 0.1) is 12.8 Å². The van der Waals surface area contributed by atoms with Crippen LogP contribution in [0.25, 0.3) is 10.9 Å². The largest absolute Gasteiger partial charge is 0.489 e. The summed E-state index contributed by atoms with van der Waals surface area (Å²) in [5.41, 5.74) is 7.56. The summed E-state index contributed by atoms with van der Waals surface area (Å²) in [4.78, 5) is 34.9. The van der Waals surface area contributed by atoms with Crippen molar-refractivity contribution in [2.45, 2.75) is 38.3 Å². The fourth-order valence-electron chi connectivity index (χ4n) is 4.32. The normalized spacial score (nSPS) is 17.6. The molecule has 168 valence electrons. The van der Waals surface area contributed by atoms with E-state index in [-0.39, 0.29) is 11.8 Å². The number of amides is 1. The summed E-state index contributed by atoms with van der Waals surface area (Å²) in [7, 11) is 1.30. The highest BCUT2D eigenvalue weighted by atomic mass is 16.5. The molecular weight excluding hydrogens is 408 g/mol. The molecule has 2 atom stereocenters. The first-order valence-electron chi connectivity index (χ1n) is 10.7. The van der Waals surface area contributed by atoms with Crippen LogP contribution in [-0.2, 0) is 9.53 Å². The van der Waals surface area contributed by atoms with Gasteiger partial charge in [0, 0.05) is 41.8 Å². The van der Waals surface area contributed by atoms with Crippen LogP contribution in [0.15, 0.2) is 42.6 Å². The number of aromatic nitrogens is 2. The first-order chi connectivity index (χ1) is 15.4. The molecule has 1 aliphatic heterocycles. The molecule has 0 saturated carbocycles. The van der Waals surface area contributed by atoms with E-state index in [1.54, 1.807) is 24.4 Å². The molecule has 1 saturated heterocycles. The van der Waals surface area contributed by atoms with Crippen molar-refractivity contribution in [3.05, 3.63) is 59.5 Å². The van der Waals surface area contributed by atoms with Gasteiger partial charge in [-0.05, 0) is 50.6 Å². The van der Waals surface area contributed by atoms with Crippen LogP contribution in [-0.4, -0.2) is 59.1 Å². The molecular formula is C24H28N4O4. The van der Waals surface area contributed by atoms with Crippen molar-refractivity contribution in [3.63, 3.8) is 0 Å². The lowest BCUT2D eigenvalue weighted by Crippen LogP contribution is -2.30. The number of benzene rings is 1. The molecule has 8 nitrogen and oxygen atoms in total. The fourth-order valence-corrected chi connectivity index (χ4v) is 4.32. The van der Waals surface area contributed by atoms with Crippen molar-refractivity contribution in [3.8, 4) is 5.75 Å². The molecule has 2 unspecified atom stereocenters. The molecule has 1 aromatic carbocycles. The highest BCUT2D eigenvalue weighted by Gasteiger charge is 2.32. The zero-order valence-corrected chi connectivity index (χ0v) is 18.5. The average Bonchev–Trinajstić information content (AvgIpc) is 3.39. The monoisotopic (exact) mass is 436 g/mol. The molecule has 0 spiro atoms. The number of carbonyl (C=O) groups excluding carboxylic acids is 2. The van der Waals surface area contributed by atoms with Crippen molar-refractivity contribution in [1.82, 2.24) is 14.9 Å². The number of nitrogens with two attached hydrogens (primary N) is 1. The molecule has 0 bridgehead atoms. The van der Waals surface area contributed by atoms with E-state index in [1.165, 1.54) is 7.11 Å². The van der Waals surface area contributed by atoms with Crippen molar-refractivity contribution in [2.75, 3.05) is 20.2 Å². The van der Waals surface area contributed by atoms with Gasteiger partial charge < -0.3 is 20.2 Å². The van der Waals surface area contributed by atoms with Crippen LogP contribution in [0.4, 0.5) is 0 Å². The molecule has 0 aliphatic carbocycles. The maximum Gasteiger partial charge on any atom is 0.354 e. The van der Waals surface area contributed by atoms with E-state index in [0.29, 0.717) is 34.0 Å². The molecule has 3 heterocycles. The topological polar surface area (TPSA) is 111 Å². The number of nitrogens with one attached hydrogen (secondary N) is 1. The van der Waals surface area contributed by atoms with E-state index in [4.69, 9.17) is 15.2 Å². The lowest BCUT2D eigenvalue weighted by Gasteiger charge is -2.20. The second-order valence-electron chi connectivity index (χ2n) is 8.32. The number of ether oxygens (including phenoxy) is 2. The summed E-state index contributed by atoms with van der Waals surface area (Å²) in [6.45, 7) is 6.21. The van der Waals surface area contributed by atoms with Gasteiger partial charge in [-0.25, -0.2) is 4.79 Å². The highest BCUT2D eigenvalue weighted by Crippen LogP contribution is 2.36. The van der Waals surface area contributed by atoms with Crippen molar-refractivity contribution in [2.24, 2.45) is 5.73 Å². The third-order valence-electron chi connectivity index (χ3n) is 5.97. The fraction of sp³-hybridized carbons (Fsp3) is 0.375. The number of likely N-dealkylation sites (tertiary alicyclic amines) is 1. The Morgan fingerprint density at radius 3 is 2.69 bits per heavy atom. The van der Waals surface area contributed by atoms with Gasteiger partial charge in [-0.3, -0.25) is 14.7 Å². The van der Waals surface area contributed by atoms with Gasteiger partial charge in [-0.1, -0.05) is 6.07 Å². The predicted molar refractivity (Wildman–Crippen MR) is 121 cm³/mol. The van der Waals surface area contributed by atoms with Gasteiger partial charge >= 0.3 is 5.97 Å². The summed E-state index contributed by atoms with van der Waals surface area (Å²) in [5.74, 6) is -1.43. The predicted octanol–water partition coefficient (Wildman–Crippen LogP) is 2.83. The van der Waals surface area contributed by atoms with Crippen molar-refractivity contribution < 1.29 is 19.1 Å². The summed E-state index contributed by atoms with van der Waals surface area (Å²) in [5, 5.41) is 0.677. The van der Waals surface area contributed by atoms with Crippen LogP contribution in [0.5, 0.6) is 5.75 Å². The zero-order chi connectivity index (χ0) is 22.8. The molecule has 8 heteroatoms. The summed E-state index contributed by atoms with van der Waals surface area (Å²) in [6.07, 6.45) is 2.62. The summed E-state index contributed by atoms with van der Waals surface area (Å²) in [6, 6.07) is 11.3. The summed E-state index contributed by atoms with van der Waals surface area (Å²) < 4.78 is 11.2. The maximum absolute atomic E-state index is 12.6. The third-order valence-corrected chi connectivity index (χ3v) is 5.97. The number of esters is 1. The molecule has 3 N–H and O–H groups in total. The van der Waals surface area contributed by atoms with E-state index < -0.39 is 17.8 Å². The van der Waals surface area contributed by atoms with Crippen LogP contribution < -0.4 is 10.5 Å². The number of hydrogen-bond donors (Lipinski definition) is 2. The van der Waals surface area contributed by atoms with E-state index in [9.17, 15) is 9.59 Å². The first-order valence-corrected chi connectivity index (χ1v) is 10.7. The molecule has 1 aliphatic rings. The number of nitrogens with zero attached hydrogens (tertiary/aromatic N) is 2. The number of rotatable bonds is 7. The second kappa shape index (κ2) is 9.00. The number of hydrogen-bond acceptors (Lipinski definition) is 6. The minimum absolute atomic E-state index is 0.0834. The van der Waals surface area contributed by atoms with Crippen molar-refractivity contribution >= 4 is 22.8 Å². The Kier molecular flexibility index (Phi) is 6.14. The lowest BCUT2D eigenvalue weighted by molar-refractivity contribution is -0.118. The van der Waals surface area contributed by atoms with Crippen LogP contribution in [0, 0.1) is 0 Å². The standard InChI is InChI=1S/C24H28N4O4/c1-14(2)28-11-9-16(13-28)32-15-7-8-18-17(12-15)20(22(27-18)24(30)31-3)21(23(25)29)19-6-4-5-10-26-19/h4-8,10,12,14,16,21,27H,9,11,13H2,1-3H3,(H2,25,29). The number of H-pyrrole nitrogens is 1. The third kappa shape index (κ3) is 4.18. The first kappa shape index (κ1) is 21.8. The maximum atomic E-state index is 12.6. The Labute approximate surface area is 186 Å². The van der Waals surface area contributed by atoms with Gasteiger partial charge in [-0.2, -0.15) is 0 Å². The molecule has 0 radical (unpaired) electrons. The smallest absolute Gasteiger partial charge is 0.354 e. The number of pyridine rings is 1. The molecule has 1 amide bonds. The molecule has 32 heavy (non-hydrogen) atoms. The van der Waals surface area contributed by atoms with E-state index in [1.807, 2.05) is 18.2 Å². The van der Waals surface area contributed by atoms with E-state index in [0.717, 1.165) is 19.5 Å². The molecule has 4 rings (SSSR count). The second-order valence-corrected chi connectivity index (χ2v) is 8.32. The minimum atomic E-state index is -0.919. The van der Waals surface area contributed by atoms with Crippen LogP contribution in [0.2, 0.25) is 0 Å². The summed E-state index contributed by atoms with van der Waals surface area (Å²) >= 11 is 0. The quantitative estimate of drug-likeness (QED) is 0.551. The van der Waals surface area contributed by atoms with Crippen molar-refractivity contribution in [1.29, 1.82) is 0 Å². The van der Waals surface area contributed by atoms with Gasteiger partial charge in [0.15, 0.2) is 0 Å². The highest BCUT2D eigenvalue weighted by molar-refractivity contribution is 6.03. The van der Waals surface area contributed by atoms with Crippen LogP contribution in [0.3, 0.4) is 0 Å². The SMILES string of the molecule is COC(=O)c1[nH]c2ccc(OC3CCN(C(C)C)C3)cc2c1C(C(N)=O)c1ccccn1. The van der Waals surface area contributed by atoms with Gasteiger partial charge in [0.1, 0.15) is 23.5 Å². The number of fused-ring (bicyclic) bond motifs is 1. The Morgan fingerprint density at radius 2 is 2.06 bits per heavy atom. The molecule has 2 aromatic heterocycles. The number of primary amides is 1. The van der Waals surface area contributed by atoms with Gasteiger partial charge in [0.25, 0.3) is 0 Å². The average molecular weight is 437 g/mol. The van der Waals surface area contributed by atoms with Gasteiger partial charge in [-0.15, -0.1) is 0 Å². The zero-order valence-electron chi connectivity index (χ0n) is 18.5. The molecule has 3 aromatic rings. The lowest BCUT2D eigenvalue weighted by atomic mass is 9.91. The number of aromatic amines is 1. The molecule has 1 fully saturated rings. The van der Waals surface area contributed by atoms with E-state index >= 15 is 0 Å². The van der Waals surface area contributed by atoms with Crippen LogP contribution in [0.1, 0.15) is 47.9 Å². The Hall–Kier alpha value is -3.39. The van der Waals surface area contributed by atoms with E-state index in [2.05, 4.69) is 28.7 Å². The number of methoxy groups -OCH3 is 1. The Bertz CT molecular complexity index is 1130. The number of carbonyl (C=O) groups is 2. The Morgan fingerprint density at radius 1 is 1.25 bits per heavy atom. The Balaban J connectivity index is 1.78. The van der Waals surface area contributed by atoms with Gasteiger partial charge in [0.2, 0.25) is 5.91 Å². The minimum Gasteiger partial charge on any atom is -0.489 e.